The first-order valence-corrected chi connectivity index (χ1v) is 8.76. The van der Waals surface area contributed by atoms with Crippen LogP contribution in [0.25, 0.3) is 10.9 Å². The lowest BCUT2D eigenvalue weighted by molar-refractivity contribution is -0.146. The van der Waals surface area contributed by atoms with Crippen molar-refractivity contribution in [2.24, 2.45) is 0 Å². The molecule has 0 aliphatic carbocycles. The number of rotatable bonds is 3. The molecule has 0 amide bonds. The van der Waals surface area contributed by atoms with Gasteiger partial charge in [-0.25, -0.2) is 0 Å². The summed E-state index contributed by atoms with van der Waals surface area (Å²) in [5.41, 5.74) is 5.83. The molecule has 1 aliphatic rings. The molecule has 2 aromatic carbocycles. The predicted molar refractivity (Wildman–Crippen MR) is 98.6 cm³/mol. The lowest BCUT2D eigenvalue weighted by atomic mass is 9.90. The first-order chi connectivity index (χ1) is 12.2. The van der Waals surface area contributed by atoms with Gasteiger partial charge in [0.05, 0.1) is 12.6 Å². The van der Waals surface area contributed by atoms with E-state index in [1.807, 2.05) is 25.1 Å². The molecule has 0 radical (unpaired) electrons. The number of carbonyl (C=O) groups is 1. The maximum Gasteiger partial charge on any atom is 0.323 e. The fraction of sp³-hybridized carbons (Fsp3) is 0.286. The fourth-order valence-corrected chi connectivity index (χ4v) is 3.70. The molecule has 0 saturated heterocycles. The largest absolute Gasteiger partial charge is 0.465 e. The molecule has 2 atom stereocenters. The minimum Gasteiger partial charge on any atom is -0.465 e. The third-order valence-corrected chi connectivity index (χ3v) is 4.86. The van der Waals surface area contributed by atoms with Gasteiger partial charge in [0.25, 0.3) is 0 Å². The van der Waals surface area contributed by atoms with E-state index in [9.17, 15) is 4.79 Å². The first-order valence-electron chi connectivity index (χ1n) is 8.76. The van der Waals surface area contributed by atoms with Crippen molar-refractivity contribution in [2.45, 2.75) is 32.4 Å². The van der Waals surface area contributed by atoms with Crippen LogP contribution in [0.15, 0.2) is 48.5 Å². The van der Waals surface area contributed by atoms with Crippen molar-refractivity contribution in [1.82, 2.24) is 10.3 Å². The highest BCUT2D eigenvalue weighted by Crippen LogP contribution is 2.35. The van der Waals surface area contributed by atoms with E-state index in [-0.39, 0.29) is 18.1 Å². The standard InChI is InChI=1S/C21H22N2O2/c1-3-25-21(24)18-12-16-15-11-13(2)9-10-17(15)22-20(16)19(23-18)14-7-5-4-6-8-14/h4-11,18-19,22-23H,3,12H2,1-2H3. The summed E-state index contributed by atoms with van der Waals surface area (Å²) < 4.78 is 5.28. The Bertz CT molecular complexity index is 914. The molecular formula is C21H22N2O2. The third kappa shape index (κ3) is 2.83. The van der Waals surface area contributed by atoms with Gasteiger partial charge in [0, 0.05) is 23.0 Å². The van der Waals surface area contributed by atoms with E-state index in [4.69, 9.17) is 4.74 Å². The zero-order chi connectivity index (χ0) is 17.4. The number of hydrogen-bond donors (Lipinski definition) is 2. The van der Waals surface area contributed by atoms with Crippen molar-refractivity contribution in [3.05, 3.63) is 70.9 Å². The Morgan fingerprint density at radius 2 is 2.00 bits per heavy atom. The maximum absolute atomic E-state index is 12.4. The Morgan fingerprint density at radius 1 is 1.20 bits per heavy atom. The smallest absolute Gasteiger partial charge is 0.323 e. The highest BCUT2D eigenvalue weighted by Gasteiger charge is 2.34. The van der Waals surface area contributed by atoms with Crippen LogP contribution in [0.2, 0.25) is 0 Å². The number of nitrogens with one attached hydrogen (secondary N) is 2. The zero-order valence-corrected chi connectivity index (χ0v) is 14.5. The van der Waals surface area contributed by atoms with Gasteiger partial charge >= 0.3 is 5.97 Å². The van der Waals surface area contributed by atoms with Gasteiger partial charge in [-0.1, -0.05) is 42.0 Å². The van der Waals surface area contributed by atoms with Crippen molar-refractivity contribution >= 4 is 16.9 Å². The van der Waals surface area contributed by atoms with Crippen LogP contribution in [-0.4, -0.2) is 23.6 Å². The maximum atomic E-state index is 12.4. The van der Waals surface area contributed by atoms with Crippen molar-refractivity contribution < 1.29 is 9.53 Å². The average molecular weight is 334 g/mol. The number of aromatic nitrogens is 1. The number of aromatic amines is 1. The molecule has 1 aliphatic heterocycles. The lowest BCUT2D eigenvalue weighted by Gasteiger charge is -2.30. The van der Waals surface area contributed by atoms with Crippen LogP contribution in [0.1, 0.15) is 35.3 Å². The van der Waals surface area contributed by atoms with Crippen LogP contribution in [0, 0.1) is 6.92 Å². The number of aryl methyl sites for hydroxylation is 1. The van der Waals surface area contributed by atoms with Crippen molar-refractivity contribution in [1.29, 1.82) is 0 Å². The highest BCUT2D eigenvalue weighted by molar-refractivity contribution is 5.88. The zero-order valence-electron chi connectivity index (χ0n) is 14.5. The summed E-state index contributed by atoms with van der Waals surface area (Å²) in [6.07, 6.45) is 0.640. The summed E-state index contributed by atoms with van der Waals surface area (Å²) in [7, 11) is 0. The second-order valence-corrected chi connectivity index (χ2v) is 6.59. The average Bonchev–Trinajstić information content (AvgIpc) is 3.00. The van der Waals surface area contributed by atoms with E-state index in [1.165, 1.54) is 16.5 Å². The molecule has 1 aromatic heterocycles. The molecule has 0 bridgehead atoms. The number of hydrogen-bond acceptors (Lipinski definition) is 3. The van der Waals surface area contributed by atoms with Gasteiger partial charge in [-0.15, -0.1) is 0 Å². The van der Waals surface area contributed by atoms with E-state index in [1.54, 1.807) is 0 Å². The van der Waals surface area contributed by atoms with Crippen molar-refractivity contribution in [3.8, 4) is 0 Å². The second kappa shape index (κ2) is 6.37. The molecule has 4 rings (SSSR count). The minimum atomic E-state index is -0.336. The SMILES string of the molecule is CCOC(=O)C1Cc2c([nH]c3ccc(C)cc23)C(c2ccccc2)N1. The van der Waals surface area contributed by atoms with Gasteiger partial charge in [-0.2, -0.15) is 0 Å². The number of esters is 1. The second-order valence-electron chi connectivity index (χ2n) is 6.59. The van der Waals surface area contributed by atoms with E-state index >= 15 is 0 Å². The number of ether oxygens (including phenoxy) is 1. The Morgan fingerprint density at radius 3 is 2.76 bits per heavy atom. The van der Waals surface area contributed by atoms with E-state index < -0.39 is 0 Å². The van der Waals surface area contributed by atoms with Crippen LogP contribution < -0.4 is 5.32 Å². The van der Waals surface area contributed by atoms with Crippen molar-refractivity contribution in [2.75, 3.05) is 6.61 Å². The summed E-state index contributed by atoms with van der Waals surface area (Å²) in [5, 5.41) is 4.68. The monoisotopic (exact) mass is 334 g/mol. The fourth-order valence-electron chi connectivity index (χ4n) is 3.70. The van der Waals surface area contributed by atoms with Crippen LogP contribution in [0.4, 0.5) is 0 Å². The minimum absolute atomic E-state index is 0.0490. The molecule has 2 N–H and O–H groups in total. The number of H-pyrrole nitrogens is 1. The quantitative estimate of drug-likeness (QED) is 0.719. The summed E-state index contributed by atoms with van der Waals surface area (Å²) in [5.74, 6) is -0.184. The molecule has 128 valence electrons. The van der Waals surface area contributed by atoms with E-state index in [0.29, 0.717) is 13.0 Å². The van der Waals surface area contributed by atoms with Crippen molar-refractivity contribution in [3.63, 3.8) is 0 Å². The summed E-state index contributed by atoms with van der Waals surface area (Å²) in [4.78, 5) is 16.0. The van der Waals surface area contributed by atoms with Gasteiger partial charge in [-0.3, -0.25) is 10.1 Å². The molecule has 4 nitrogen and oxygen atoms in total. The topological polar surface area (TPSA) is 54.1 Å². The molecule has 0 fully saturated rings. The van der Waals surface area contributed by atoms with Gasteiger partial charge in [0.2, 0.25) is 0 Å². The summed E-state index contributed by atoms with van der Waals surface area (Å²) >= 11 is 0. The molecule has 0 saturated carbocycles. The number of carbonyl (C=O) groups excluding carboxylic acids is 1. The molecule has 2 unspecified atom stereocenters. The molecule has 0 spiro atoms. The molecule has 25 heavy (non-hydrogen) atoms. The van der Waals surface area contributed by atoms with Gasteiger partial charge in [0.1, 0.15) is 6.04 Å². The predicted octanol–water partition coefficient (Wildman–Crippen LogP) is 3.64. The van der Waals surface area contributed by atoms with E-state index in [0.717, 1.165) is 16.8 Å². The van der Waals surface area contributed by atoms with E-state index in [2.05, 4.69) is 47.6 Å². The van der Waals surface area contributed by atoms with Gasteiger partial charge < -0.3 is 9.72 Å². The van der Waals surface area contributed by atoms with Crippen LogP contribution in [0.5, 0.6) is 0 Å². The Kier molecular flexibility index (Phi) is 4.06. The van der Waals surface area contributed by atoms with Gasteiger partial charge in [0.15, 0.2) is 0 Å². The summed E-state index contributed by atoms with van der Waals surface area (Å²) in [6.45, 7) is 4.33. The highest BCUT2D eigenvalue weighted by atomic mass is 16.5. The summed E-state index contributed by atoms with van der Waals surface area (Å²) in [6, 6.07) is 16.3. The Labute approximate surface area is 147 Å². The normalized spacial score (nSPS) is 19.6. The van der Waals surface area contributed by atoms with Gasteiger partial charge in [-0.05, 0) is 37.1 Å². The Balaban J connectivity index is 1.85. The number of benzene rings is 2. The molecular weight excluding hydrogens is 312 g/mol. The third-order valence-electron chi connectivity index (χ3n) is 4.86. The molecule has 3 aromatic rings. The van der Waals surface area contributed by atoms with Crippen LogP contribution in [-0.2, 0) is 16.0 Å². The Hall–Kier alpha value is -2.59. The lowest BCUT2D eigenvalue weighted by Crippen LogP contribution is -2.45. The van der Waals surface area contributed by atoms with Crippen LogP contribution in [0.3, 0.4) is 0 Å². The van der Waals surface area contributed by atoms with Crippen LogP contribution >= 0.6 is 0 Å². The molecule has 2 heterocycles. The molecule has 4 heteroatoms. The first kappa shape index (κ1) is 15.9. The number of fused-ring (bicyclic) bond motifs is 3.